The molecule has 0 radical (unpaired) electrons. The number of amides is 4. The van der Waals surface area contributed by atoms with Gasteiger partial charge in [0.25, 0.3) is 0 Å². The summed E-state index contributed by atoms with van der Waals surface area (Å²) in [7, 11) is 0. The van der Waals surface area contributed by atoms with Crippen molar-refractivity contribution in [2.75, 3.05) is 0 Å². The van der Waals surface area contributed by atoms with Gasteiger partial charge in [-0.05, 0) is 0 Å². The summed E-state index contributed by atoms with van der Waals surface area (Å²) < 4.78 is 0. The topological polar surface area (TPSA) is 74.8 Å². The van der Waals surface area contributed by atoms with Crippen molar-refractivity contribution in [2.24, 2.45) is 47.3 Å². The Hall–Kier alpha value is -3.28. The van der Waals surface area contributed by atoms with Crippen molar-refractivity contribution in [2.45, 2.75) is 76.3 Å². The fourth-order valence-corrected chi connectivity index (χ4v) is 15.4. The van der Waals surface area contributed by atoms with Crippen LogP contribution in [0.1, 0.15) is 106 Å². The molecule has 2 aliphatic heterocycles. The number of imide groups is 2. The molecule has 47 heavy (non-hydrogen) atoms. The first kappa shape index (κ1) is 26.6. The van der Waals surface area contributed by atoms with E-state index in [2.05, 4.69) is 9.88 Å². The van der Waals surface area contributed by atoms with Crippen molar-refractivity contribution < 1.29 is 19.2 Å². The first-order valence-electron chi connectivity index (χ1n) is 18.1. The molecule has 4 amide bonds. The molecule has 3 heterocycles. The molecule has 3 aromatic carbocycles. The number of benzene rings is 3. The van der Waals surface area contributed by atoms with Crippen LogP contribution >= 0.6 is 0 Å². The van der Waals surface area contributed by atoms with E-state index in [0.717, 1.165) is 96.6 Å². The summed E-state index contributed by atoms with van der Waals surface area (Å²) in [6.07, 6.45) is 11.5. The summed E-state index contributed by atoms with van der Waals surface area (Å²) in [4.78, 5) is 67.7. The van der Waals surface area contributed by atoms with Crippen LogP contribution in [0.15, 0.2) is 34.1 Å². The van der Waals surface area contributed by atoms with Crippen molar-refractivity contribution in [3.63, 3.8) is 0 Å². The van der Waals surface area contributed by atoms with E-state index >= 15 is 19.2 Å². The quantitative estimate of drug-likeness (QED) is 0.129. The summed E-state index contributed by atoms with van der Waals surface area (Å²) >= 11 is -0.0170. The van der Waals surface area contributed by atoms with Crippen LogP contribution in [0.4, 0.5) is 0 Å². The minimum atomic E-state index is -0.218. The summed E-state index contributed by atoms with van der Waals surface area (Å²) in [6.45, 7) is 0. The van der Waals surface area contributed by atoms with Crippen molar-refractivity contribution in [3.05, 3.63) is 56.4 Å². The van der Waals surface area contributed by atoms with E-state index < -0.39 is 0 Å². The Bertz CT molecular complexity index is 1990. The van der Waals surface area contributed by atoms with Gasteiger partial charge in [-0.2, -0.15) is 0 Å². The van der Waals surface area contributed by atoms with Crippen molar-refractivity contribution >= 4 is 70.4 Å². The molecule has 7 heteroatoms. The van der Waals surface area contributed by atoms with Crippen molar-refractivity contribution in [1.29, 1.82) is 0 Å². The summed E-state index contributed by atoms with van der Waals surface area (Å²) in [5.74, 6) is 3.55. The van der Waals surface area contributed by atoms with Gasteiger partial charge in [-0.25, -0.2) is 0 Å². The Labute approximate surface area is 278 Å². The Morgan fingerprint density at radius 3 is 1.11 bits per heavy atom. The van der Waals surface area contributed by atoms with E-state index in [0.29, 0.717) is 56.7 Å². The Morgan fingerprint density at radius 2 is 0.766 bits per heavy atom. The average Bonchev–Trinajstić information content (AvgIpc) is 3.53. The van der Waals surface area contributed by atoms with E-state index in [-0.39, 0.29) is 50.2 Å². The molecule has 0 spiro atoms. The van der Waals surface area contributed by atoms with Gasteiger partial charge in [0.2, 0.25) is 0 Å². The molecule has 0 unspecified atom stereocenters. The first-order valence-corrected chi connectivity index (χ1v) is 20.1. The van der Waals surface area contributed by atoms with Gasteiger partial charge in [-0.3, -0.25) is 0 Å². The molecule has 8 saturated carbocycles. The van der Waals surface area contributed by atoms with E-state index in [1.807, 2.05) is 24.3 Å². The van der Waals surface area contributed by atoms with Crippen molar-refractivity contribution in [1.82, 2.24) is 9.80 Å². The first-order chi connectivity index (χ1) is 22.9. The predicted octanol–water partition coefficient (Wildman–Crippen LogP) is 7.04. The second-order valence-corrected chi connectivity index (χ2v) is 18.4. The maximum absolute atomic E-state index is 15.0. The molecule has 0 saturated heterocycles. The van der Waals surface area contributed by atoms with Gasteiger partial charge in [0.1, 0.15) is 0 Å². The molecule has 14 rings (SSSR count). The van der Waals surface area contributed by atoms with Gasteiger partial charge in [0, 0.05) is 0 Å². The molecule has 0 atom stereocenters. The van der Waals surface area contributed by atoms with Crippen LogP contribution in [-0.2, 0) is 0 Å². The van der Waals surface area contributed by atoms with Crippen molar-refractivity contribution in [3.8, 4) is 0 Å². The standard InChI is InChI=1S/C40H36N2O4Se/c43-37-29-25-3-1-2-4-26(25)30-34-32(40(46)42(38(30)44)36-23-11-19-6-20(13-23)14-24(36)12-19)28-16-47-15-27(28)31(33(29)34)39(45)41(37)35-21-7-17-5-18(9-21)10-22(35)8-17/h1-4,15-24,35-36H,5-14H2. The summed E-state index contributed by atoms with van der Waals surface area (Å²) in [5.41, 5.74) is 2.19. The zero-order valence-corrected chi connectivity index (χ0v) is 28.0. The molecule has 10 aliphatic rings. The number of rotatable bonds is 2. The summed E-state index contributed by atoms with van der Waals surface area (Å²) in [5, 5.41) is 4.28. The molecule has 4 aromatic rings. The molecule has 8 aliphatic carbocycles. The number of hydrogen-bond donors (Lipinski definition) is 0. The minimum absolute atomic E-state index is 0.0170. The fraction of sp³-hybridized carbons (Fsp3) is 0.500. The molecule has 8 bridgehead atoms. The third-order valence-electron chi connectivity index (χ3n) is 14.6. The third kappa shape index (κ3) is 3.16. The number of fused-ring (bicyclic) bond motifs is 6. The molecule has 0 N–H and O–H groups in total. The maximum atomic E-state index is 15.0. The molecular weight excluding hydrogens is 651 g/mol. The molecular formula is C40H36N2O4Se. The van der Waals surface area contributed by atoms with Crippen LogP contribution in [0.5, 0.6) is 0 Å². The van der Waals surface area contributed by atoms with Gasteiger partial charge in [-0.15, -0.1) is 0 Å². The van der Waals surface area contributed by atoms with Gasteiger partial charge in [0.05, 0.1) is 0 Å². The Morgan fingerprint density at radius 1 is 0.447 bits per heavy atom. The average molecular weight is 688 g/mol. The second-order valence-electron chi connectivity index (χ2n) is 16.8. The molecule has 236 valence electrons. The number of carbonyl (C=O) groups is 4. The normalized spacial score (nSPS) is 37.9. The van der Waals surface area contributed by atoms with E-state index in [1.165, 1.54) is 12.8 Å². The SMILES string of the molecule is O=C1c2c3ccccc3c3c4c(c5c[se]cc5c(c24)C(=O)N1C1C2CC4CC(C2)CC1C4)C(=O)N(C1C2CC4CC(C2)CC1C4)C3=O. The second kappa shape index (κ2) is 8.84. The number of hydrogen-bond acceptors (Lipinski definition) is 4. The van der Waals surface area contributed by atoms with Crippen LogP contribution < -0.4 is 0 Å². The molecule has 8 fully saturated rings. The van der Waals surface area contributed by atoms with Crippen LogP contribution in [-0.4, -0.2) is 60.0 Å². The fourth-order valence-electron chi connectivity index (χ4n) is 13.6. The van der Waals surface area contributed by atoms with Crippen LogP contribution in [0.3, 0.4) is 0 Å². The zero-order chi connectivity index (χ0) is 31.0. The monoisotopic (exact) mass is 688 g/mol. The van der Waals surface area contributed by atoms with Crippen LogP contribution in [0.25, 0.3) is 32.3 Å². The van der Waals surface area contributed by atoms with E-state index in [9.17, 15) is 0 Å². The van der Waals surface area contributed by atoms with Crippen LogP contribution in [0.2, 0.25) is 0 Å². The zero-order valence-electron chi connectivity index (χ0n) is 26.2. The predicted molar refractivity (Wildman–Crippen MR) is 179 cm³/mol. The van der Waals surface area contributed by atoms with Gasteiger partial charge in [-0.1, -0.05) is 0 Å². The Balaban J connectivity index is 1.12. The third-order valence-corrected chi connectivity index (χ3v) is 16.2. The number of carbonyl (C=O) groups excluding carboxylic acids is 4. The van der Waals surface area contributed by atoms with Gasteiger partial charge in [0.15, 0.2) is 0 Å². The van der Waals surface area contributed by atoms with Crippen LogP contribution in [0, 0.1) is 47.3 Å². The summed E-state index contributed by atoms with van der Waals surface area (Å²) in [6, 6.07) is 7.69. The number of nitrogens with zero attached hydrogens (tertiary/aromatic N) is 2. The van der Waals surface area contributed by atoms with Gasteiger partial charge < -0.3 is 0 Å². The Kier molecular flexibility index (Phi) is 5.01. The van der Waals surface area contributed by atoms with E-state index in [1.54, 1.807) is 9.80 Å². The van der Waals surface area contributed by atoms with E-state index in [4.69, 9.17) is 0 Å². The molecule has 1 aromatic heterocycles. The molecule has 6 nitrogen and oxygen atoms in total. The van der Waals surface area contributed by atoms with Gasteiger partial charge >= 0.3 is 279 Å².